The number of aromatic nitrogens is 1. The summed E-state index contributed by atoms with van der Waals surface area (Å²) in [6.45, 7) is 7.63. The Kier molecular flexibility index (Phi) is 3.56. The standard InChI is InChI=1S/C16H19NO2/c1-5-11-7-6-8-12-9-10-13(17-14(11)12)15(18)19-16(2,3)4/h6-10H,5H2,1-4H3. The molecule has 0 fully saturated rings. The van der Waals surface area contributed by atoms with E-state index < -0.39 is 5.60 Å². The van der Waals surface area contributed by atoms with Gasteiger partial charge in [0.05, 0.1) is 5.52 Å². The van der Waals surface area contributed by atoms with Crippen LogP contribution in [0, 0.1) is 0 Å². The molecule has 0 radical (unpaired) electrons. The first kappa shape index (κ1) is 13.5. The Bertz CT molecular complexity index is 612. The molecule has 19 heavy (non-hydrogen) atoms. The molecule has 3 nitrogen and oxygen atoms in total. The maximum absolute atomic E-state index is 12.0. The fourth-order valence-electron chi connectivity index (χ4n) is 1.94. The van der Waals surface area contributed by atoms with Crippen molar-refractivity contribution in [1.82, 2.24) is 4.98 Å². The molecule has 0 amide bonds. The van der Waals surface area contributed by atoms with Gasteiger partial charge >= 0.3 is 5.97 Å². The second kappa shape index (κ2) is 5.00. The van der Waals surface area contributed by atoms with E-state index in [1.165, 1.54) is 0 Å². The van der Waals surface area contributed by atoms with Crippen molar-refractivity contribution in [2.24, 2.45) is 0 Å². The highest BCUT2D eigenvalue weighted by Crippen LogP contribution is 2.19. The maximum Gasteiger partial charge on any atom is 0.357 e. The third-order valence-corrected chi connectivity index (χ3v) is 2.79. The van der Waals surface area contributed by atoms with Crippen LogP contribution in [0.3, 0.4) is 0 Å². The molecule has 0 atom stereocenters. The summed E-state index contributed by atoms with van der Waals surface area (Å²) in [5.41, 5.74) is 1.89. The van der Waals surface area contributed by atoms with Crippen LogP contribution in [0.4, 0.5) is 0 Å². The molecule has 2 aromatic rings. The van der Waals surface area contributed by atoms with E-state index in [0.29, 0.717) is 5.69 Å². The van der Waals surface area contributed by atoms with Crippen molar-refractivity contribution < 1.29 is 9.53 Å². The summed E-state index contributed by atoms with van der Waals surface area (Å²) in [6.07, 6.45) is 0.891. The van der Waals surface area contributed by atoms with Crippen LogP contribution in [-0.4, -0.2) is 16.6 Å². The van der Waals surface area contributed by atoms with Crippen molar-refractivity contribution in [3.63, 3.8) is 0 Å². The fourth-order valence-corrected chi connectivity index (χ4v) is 1.94. The number of ether oxygens (including phenoxy) is 1. The highest BCUT2D eigenvalue weighted by molar-refractivity contribution is 5.92. The first-order valence-corrected chi connectivity index (χ1v) is 6.52. The van der Waals surface area contributed by atoms with E-state index in [2.05, 4.69) is 11.9 Å². The fraction of sp³-hybridized carbons (Fsp3) is 0.375. The molecule has 0 aliphatic carbocycles. The molecule has 0 spiro atoms. The third kappa shape index (κ3) is 3.11. The van der Waals surface area contributed by atoms with E-state index in [-0.39, 0.29) is 5.97 Å². The molecule has 0 N–H and O–H groups in total. The van der Waals surface area contributed by atoms with Crippen LogP contribution in [0.1, 0.15) is 43.7 Å². The second-order valence-corrected chi connectivity index (χ2v) is 5.54. The normalized spacial score (nSPS) is 11.6. The van der Waals surface area contributed by atoms with Crippen LogP contribution in [0.25, 0.3) is 10.9 Å². The van der Waals surface area contributed by atoms with Gasteiger partial charge in [-0.1, -0.05) is 31.2 Å². The SMILES string of the molecule is CCc1cccc2ccc(C(=O)OC(C)(C)C)nc12. The van der Waals surface area contributed by atoms with Crippen LogP contribution >= 0.6 is 0 Å². The van der Waals surface area contributed by atoms with Gasteiger partial charge in [-0.05, 0) is 38.8 Å². The molecule has 1 aromatic carbocycles. The van der Waals surface area contributed by atoms with Gasteiger partial charge < -0.3 is 4.74 Å². The van der Waals surface area contributed by atoms with Crippen molar-refractivity contribution in [2.75, 3.05) is 0 Å². The number of esters is 1. The Morgan fingerprint density at radius 2 is 1.95 bits per heavy atom. The molecule has 1 heterocycles. The van der Waals surface area contributed by atoms with Crippen LogP contribution in [0.15, 0.2) is 30.3 Å². The molecule has 0 bridgehead atoms. The van der Waals surface area contributed by atoms with Crippen molar-refractivity contribution in [3.8, 4) is 0 Å². The summed E-state index contributed by atoms with van der Waals surface area (Å²) in [5, 5.41) is 1.05. The van der Waals surface area contributed by atoms with Gasteiger partial charge in [-0.2, -0.15) is 0 Å². The molecule has 0 saturated carbocycles. The number of benzene rings is 1. The number of rotatable bonds is 2. The minimum atomic E-state index is -0.502. The summed E-state index contributed by atoms with van der Waals surface area (Å²) >= 11 is 0. The van der Waals surface area contributed by atoms with Crippen molar-refractivity contribution in [3.05, 3.63) is 41.6 Å². The summed E-state index contributed by atoms with van der Waals surface area (Å²) in [6, 6.07) is 9.68. The first-order chi connectivity index (χ1) is 8.90. The lowest BCUT2D eigenvalue weighted by atomic mass is 10.1. The van der Waals surface area contributed by atoms with Crippen LogP contribution < -0.4 is 0 Å². The molecule has 0 aliphatic heterocycles. The molecule has 1 aromatic heterocycles. The molecule has 3 heteroatoms. The lowest BCUT2D eigenvalue weighted by Crippen LogP contribution is -2.24. The Hall–Kier alpha value is -1.90. The number of carbonyl (C=O) groups excluding carboxylic acids is 1. The van der Waals surface area contributed by atoms with E-state index in [9.17, 15) is 4.79 Å². The summed E-state index contributed by atoms with van der Waals surface area (Å²) in [5.74, 6) is -0.375. The average Bonchev–Trinajstić information content (AvgIpc) is 2.35. The number of aryl methyl sites for hydroxylation is 1. The summed E-state index contributed by atoms with van der Waals surface area (Å²) in [7, 11) is 0. The van der Waals surface area contributed by atoms with E-state index >= 15 is 0 Å². The van der Waals surface area contributed by atoms with E-state index in [1.807, 2.05) is 45.0 Å². The molecule has 0 aliphatic rings. The number of hydrogen-bond donors (Lipinski definition) is 0. The number of para-hydroxylation sites is 1. The van der Waals surface area contributed by atoms with Gasteiger partial charge in [-0.25, -0.2) is 9.78 Å². The van der Waals surface area contributed by atoms with Gasteiger partial charge in [0.1, 0.15) is 11.3 Å². The smallest absolute Gasteiger partial charge is 0.357 e. The van der Waals surface area contributed by atoms with E-state index in [0.717, 1.165) is 22.9 Å². The lowest BCUT2D eigenvalue weighted by molar-refractivity contribution is 0.00633. The predicted octanol–water partition coefficient (Wildman–Crippen LogP) is 3.75. The predicted molar refractivity (Wildman–Crippen MR) is 76.3 cm³/mol. The Labute approximate surface area is 113 Å². The Balaban J connectivity index is 2.43. The van der Waals surface area contributed by atoms with Gasteiger partial charge in [-0.15, -0.1) is 0 Å². The molecule has 0 unspecified atom stereocenters. The van der Waals surface area contributed by atoms with Gasteiger partial charge in [-0.3, -0.25) is 0 Å². The number of hydrogen-bond acceptors (Lipinski definition) is 3. The summed E-state index contributed by atoms with van der Waals surface area (Å²) in [4.78, 5) is 16.5. The minimum absolute atomic E-state index is 0.364. The van der Waals surface area contributed by atoms with Crippen molar-refractivity contribution in [2.45, 2.75) is 39.7 Å². The van der Waals surface area contributed by atoms with Crippen LogP contribution in [0.5, 0.6) is 0 Å². The summed E-state index contributed by atoms with van der Waals surface area (Å²) < 4.78 is 5.34. The van der Waals surface area contributed by atoms with Crippen molar-refractivity contribution >= 4 is 16.9 Å². The monoisotopic (exact) mass is 257 g/mol. The van der Waals surface area contributed by atoms with E-state index in [1.54, 1.807) is 6.07 Å². The highest BCUT2D eigenvalue weighted by Gasteiger charge is 2.19. The molecule has 2 rings (SSSR count). The Morgan fingerprint density at radius 3 is 2.58 bits per heavy atom. The van der Waals surface area contributed by atoms with Gasteiger partial charge in [0, 0.05) is 5.39 Å². The lowest BCUT2D eigenvalue weighted by Gasteiger charge is -2.19. The quantitative estimate of drug-likeness (QED) is 0.769. The first-order valence-electron chi connectivity index (χ1n) is 6.52. The third-order valence-electron chi connectivity index (χ3n) is 2.79. The number of pyridine rings is 1. The number of carbonyl (C=O) groups is 1. The van der Waals surface area contributed by atoms with Gasteiger partial charge in [0.15, 0.2) is 0 Å². The van der Waals surface area contributed by atoms with Crippen LogP contribution in [0.2, 0.25) is 0 Å². The number of fused-ring (bicyclic) bond motifs is 1. The Morgan fingerprint density at radius 1 is 1.21 bits per heavy atom. The zero-order valence-electron chi connectivity index (χ0n) is 11.9. The molecule has 100 valence electrons. The van der Waals surface area contributed by atoms with Crippen LogP contribution in [-0.2, 0) is 11.2 Å². The minimum Gasteiger partial charge on any atom is -0.455 e. The maximum atomic E-state index is 12.0. The zero-order valence-corrected chi connectivity index (χ0v) is 11.9. The topological polar surface area (TPSA) is 39.2 Å². The molecule has 0 saturated heterocycles. The largest absolute Gasteiger partial charge is 0.455 e. The van der Waals surface area contributed by atoms with E-state index in [4.69, 9.17) is 4.74 Å². The molecular weight excluding hydrogens is 238 g/mol. The second-order valence-electron chi connectivity index (χ2n) is 5.54. The zero-order chi connectivity index (χ0) is 14.0. The molecular formula is C16H19NO2. The average molecular weight is 257 g/mol. The van der Waals surface area contributed by atoms with Gasteiger partial charge in [0.2, 0.25) is 0 Å². The number of nitrogens with zero attached hydrogens (tertiary/aromatic N) is 1. The van der Waals surface area contributed by atoms with Crippen molar-refractivity contribution in [1.29, 1.82) is 0 Å². The van der Waals surface area contributed by atoms with Gasteiger partial charge in [0.25, 0.3) is 0 Å². The highest BCUT2D eigenvalue weighted by atomic mass is 16.6.